The molecule has 0 amide bonds. The van der Waals surface area contributed by atoms with E-state index >= 15 is 0 Å². The maximum atomic E-state index is 4.38. The van der Waals surface area contributed by atoms with Gasteiger partial charge in [0.25, 0.3) is 0 Å². The van der Waals surface area contributed by atoms with Crippen molar-refractivity contribution < 1.29 is 0 Å². The van der Waals surface area contributed by atoms with Crippen molar-refractivity contribution in [1.82, 2.24) is 25.1 Å². The normalized spacial score (nSPS) is 17.8. The Morgan fingerprint density at radius 1 is 1.26 bits per heavy atom. The van der Waals surface area contributed by atoms with Gasteiger partial charge in [-0.1, -0.05) is 0 Å². The smallest absolute Gasteiger partial charge is 0.125 e. The molecule has 2 rings (SSSR count). The highest BCUT2D eigenvalue weighted by Gasteiger charge is 2.12. The summed E-state index contributed by atoms with van der Waals surface area (Å²) < 4.78 is 0. The topological polar surface area (TPSA) is 44.3 Å². The van der Waals surface area contributed by atoms with E-state index in [1.807, 2.05) is 19.2 Å². The molecule has 0 bridgehead atoms. The van der Waals surface area contributed by atoms with Crippen molar-refractivity contribution in [2.75, 3.05) is 46.3 Å². The fourth-order valence-electron chi connectivity index (χ4n) is 2.32. The first-order valence-electron chi connectivity index (χ1n) is 7.14. The molecule has 2 heterocycles. The standard InChI is InChI=1S/C14H25N5/c1-13-16-6-4-14(17-13)12-15-5-3-7-19-10-8-18(2)9-11-19/h4,6,15H,3,5,7-12H2,1-2H3. The van der Waals surface area contributed by atoms with Crippen molar-refractivity contribution in [3.63, 3.8) is 0 Å². The Balaban J connectivity index is 1.55. The van der Waals surface area contributed by atoms with Crippen molar-refractivity contribution in [3.05, 3.63) is 23.8 Å². The lowest BCUT2D eigenvalue weighted by molar-refractivity contribution is 0.152. The van der Waals surface area contributed by atoms with E-state index in [1.54, 1.807) is 0 Å². The summed E-state index contributed by atoms with van der Waals surface area (Å²) in [5.74, 6) is 0.844. The number of piperazine rings is 1. The predicted octanol–water partition coefficient (Wildman–Crippen LogP) is 0.512. The SMILES string of the molecule is Cc1nccc(CNCCCN2CCN(C)CC2)n1. The first kappa shape index (κ1) is 14.4. The number of likely N-dealkylation sites (N-methyl/N-ethyl adjacent to an activating group) is 1. The largest absolute Gasteiger partial charge is 0.311 e. The summed E-state index contributed by atoms with van der Waals surface area (Å²) >= 11 is 0. The zero-order chi connectivity index (χ0) is 13.5. The first-order valence-corrected chi connectivity index (χ1v) is 7.14. The Bertz CT molecular complexity index is 374. The molecule has 0 unspecified atom stereocenters. The van der Waals surface area contributed by atoms with Gasteiger partial charge in [-0.15, -0.1) is 0 Å². The number of nitrogens with one attached hydrogen (secondary N) is 1. The quantitative estimate of drug-likeness (QED) is 0.758. The van der Waals surface area contributed by atoms with Crippen LogP contribution in [0.15, 0.2) is 12.3 Å². The van der Waals surface area contributed by atoms with Crippen molar-refractivity contribution in [2.45, 2.75) is 19.9 Å². The molecule has 0 atom stereocenters. The molecule has 1 saturated heterocycles. The molecule has 5 heteroatoms. The van der Waals surface area contributed by atoms with Gasteiger partial charge in [0, 0.05) is 38.9 Å². The van der Waals surface area contributed by atoms with E-state index < -0.39 is 0 Å². The third-order valence-electron chi connectivity index (χ3n) is 3.56. The lowest BCUT2D eigenvalue weighted by atomic mass is 10.3. The van der Waals surface area contributed by atoms with Gasteiger partial charge in [0.15, 0.2) is 0 Å². The molecule has 0 radical (unpaired) electrons. The number of aromatic nitrogens is 2. The predicted molar refractivity (Wildman–Crippen MR) is 77.0 cm³/mol. The van der Waals surface area contributed by atoms with E-state index in [0.717, 1.165) is 24.6 Å². The van der Waals surface area contributed by atoms with Crippen LogP contribution in [0, 0.1) is 6.92 Å². The minimum Gasteiger partial charge on any atom is -0.311 e. The van der Waals surface area contributed by atoms with Crippen molar-refractivity contribution in [3.8, 4) is 0 Å². The average molecular weight is 263 g/mol. The zero-order valence-electron chi connectivity index (χ0n) is 12.1. The molecular formula is C14H25N5. The van der Waals surface area contributed by atoms with Crippen LogP contribution in [0.3, 0.4) is 0 Å². The molecule has 1 fully saturated rings. The van der Waals surface area contributed by atoms with Crippen molar-refractivity contribution in [2.24, 2.45) is 0 Å². The van der Waals surface area contributed by atoms with Crippen molar-refractivity contribution >= 4 is 0 Å². The van der Waals surface area contributed by atoms with Crippen LogP contribution in [-0.4, -0.2) is 66.1 Å². The van der Waals surface area contributed by atoms with Gasteiger partial charge < -0.3 is 15.1 Å². The maximum Gasteiger partial charge on any atom is 0.125 e. The number of rotatable bonds is 6. The Hall–Kier alpha value is -1.04. The van der Waals surface area contributed by atoms with Crippen LogP contribution in [0.2, 0.25) is 0 Å². The summed E-state index contributed by atoms with van der Waals surface area (Å²) in [5, 5.41) is 3.45. The van der Waals surface area contributed by atoms with Crippen LogP contribution in [-0.2, 0) is 6.54 Å². The molecule has 0 aliphatic carbocycles. The molecule has 5 nitrogen and oxygen atoms in total. The van der Waals surface area contributed by atoms with Crippen LogP contribution in [0.25, 0.3) is 0 Å². The Morgan fingerprint density at radius 2 is 2.05 bits per heavy atom. The van der Waals surface area contributed by atoms with Crippen LogP contribution < -0.4 is 5.32 Å². The number of aryl methyl sites for hydroxylation is 1. The Morgan fingerprint density at radius 3 is 2.79 bits per heavy atom. The molecule has 1 aromatic heterocycles. The van der Waals surface area contributed by atoms with Crippen molar-refractivity contribution in [1.29, 1.82) is 0 Å². The lowest BCUT2D eigenvalue weighted by Crippen LogP contribution is -2.45. The third kappa shape index (κ3) is 5.22. The first-order chi connectivity index (χ1) is 9.24. The molecule has 0 spiro atoms. The van der Waals surface area contributed by atoms with Gasteiger partial charge in [-0.3, -0.25) is 0 Å². The lowest BCUT2D eigenvalue weighted by Gasteiger charge is -2.32. The second-order valence-corrected chi connectivity index (χ2v) is 5.27. The molecule has 0 aromatic carbocycles. The summed E-state index contributed by atoms with van der Waals surface area (Å²) in [4.78, 5) is 13.4. The molecule has 0 saturated carbocycles. The van der Waals surface area contributed by atoms with E-state index in [-0.39, 0.29) is 0 Å². The zero-order valence-corrected chi connectivity index (χ0v) is 12.1. The summed E-state index contributed by atoms with van der Waals surface area (Å²) in [6.45, 7) is 9.84. The van der Waals surface area contributed by atoms with Crippen LogP contribution >= 0.6 is 0 Å². The Kier molecular flexibility index (Phi) is 5.69. The second kappa shape index (κ2) is 7.53. The number of hydrogen-bond acceptors (Lipinski definition) is 5. The van der Waals surface area contributed by atoms with Crippen LogP contribution in [0.5, 0.6) is 0 Å². The maximum absolute atomic E-state index is 4.38. The van der Waals surface area contributed by atoms with Gasteiger partial charge in [-0.2, -0.15) is 0 Å². The summed E-state index contributed by atoms with van der Waals surface area (Å²) in [6, 6.07) is 1.97. The van der Waals surface area contributed by atoms with E-state index in [2.05, 4.69) is 32.1 Å². The minimum absolute atomic E-state index is 0.839. The van der Waals surface area contributed by atoms with Gasteiger partial charge in [-0.25, -0.2) is 9.97 Å². The van der Waals surface area contributed by atoms with Gasteiger partial charge in [0.05, 0.1) is 5.69 Å². The van der Waals surface area contributed by atoms with Gasteiger partial charge >= 0.3 is 0 Å². The number of nitrogens with zero attached hydrogens (tertiary/aromatic N) is 4. The van der Waals surface area contributed by atoms with E-state index in [9.17, 15) is 0 Å². The molecule has 106 valence electrons. The average Bonchev–Trinajstić information content (AvgIpc) is 2.41. The number of hydrogen-bond donors (Lipinski definition) is 1. The highest BCUT2D eigenvalue weighted by atomic mass is 15.2. The second-order valence-electron chi connectivity index (χ2n) is 5.27. The summed E-state index contributed by atoms with van der Waals surface area (Å²) in [5.41, 5.74) is 1.08. The van der Waals surface area contributed by atoms with Crippen LogP contribution in [0.1, 0.15) is 17.9 Å². The molecule has 1 N–H and O–H groups in total. The van der Waals surface area contributed by atoms with E-state index in [0.29, 0.717) is 0 Å². The highest BCUT2D eigenvalue weighted by molar-refractivity contribution is 5.00. The molecule has 1 aromatic rings. The molecule has 19 heavy (non-hydrogen) atoms. The Labute approximate surface area is 116 Å². The third-order valence-corrected chi connectivity index (χ3v) is 3.56. The van der Waals surface area contributed by atoms with Gasteiger partial charge in [-0.05, 0) is 39.5 Å². The van der Waals surface area contributed by atoms with E-state index in [1.165, 1.54) is 39.1 Å². The van der Waals surface area contributed by atoms with Gasteiger partial charge in [0.1, 0.15) is 5.82 Å². The molecule has 1 aliphatic heterocycles. The monoisotopic (exact) mass is 263 g/mol. The fraction of sp³-hybridized carbons (Fsp3) is 0.714. The van der Waals surface area contributed by atoms with Crippen LogP contribution in [0.4, 0.5) is 0 Å². The van der Waals surface area contributed by atoms with E-state index in [4.69, 9.17) is 0 Å². The fourth-order valence-corrected chi connectivity index (χ4v) is 2.32. The summed E-state index contributed by atoms with van der Waals surface area (Å²) in [6.07, 6.45) is 3.03. The molecule has 1 aliphatic rings. The summed E-state index contributed by atoms with van der Waals surface area (Å²) in [7, 11) is 2.20. The molecular weight excluding hydrogens is 238 g/mol. The minimum atomic E-state index is 0.839. The highest BCUT2D eigenvalue weighted by Crippen LogP contribution is 2.00. The van der Waals surface area contributed by atoms with Gasteiger partial charge in [0.2, 0.25) is 0 Å².